The van der Waals surface area contributed by atoms with Crippen LogP contribution in [0.25, 0.3) is 0 Å². The molecule has 1 unspecified atom stereocenters. The third-order valence-corrected chi connectivity index (χ3v) is 4.98. The van der Waals surface area contributed by atoms with Crippen molar-refractivity contribution < 1.29 is 9.53 Å². The van der Waals surface area contributed by atoms with Gasteiger partial charge in [-0.05, 0) is 36.1 Å². The molecule has 6 nitrogen and oxygen atoms in total. The number of benzene rings is 2. The minimum Gasteiger partial charge on any atom is -0.376 e. The largest absolute Gasteiger partial charge is 0.376 e. The highest BCUT2D eigenvalue weighted by molar-refractivity contribution is 5.97. The summed E-state index contributed by atoms with van der Waals surface area (Å²) in [6.45, 7) is 1.54. The Morgan fingerprint density at radius 1 is 0.931 bits per heavy atom. The number of carbonyl (C=O) groups excluding carboxylic acids is 1. The van der Waals surface area contributed by atoms with Crippen LogP contribution in [-0.2, 0) is 9.53 Å². The maximum Gasteiger partial charge on any atom is 0.237 e. The first kappa shape index (κ1) is 19.1. The summed E-state index contributed by atoms with van der Waals surface area (Å²) in [6, 6.07) is 23.0. The summed E-state index contributed by atoms with van der Waals surface area (Å²) >= 11 is 0. The van der Waals surface area contributed by atoms with E-state index in [1.54, 1.807) is 6.07 Å². The summed E-state index contributed by atoms with van der Waals surface area (Å²) in [7, 11) is 0. The fraction of sp³-hybridized carbons (Fsp3) is 0.261. The summed E-state index contributed by atoms with van der Waals surface area (Å²) in [5, 5.41) is 14.4. The molecule has 2 heterocycles. The molecule has 1 aromatic heterocycles. The van der Waals surface area contributed by atoms with Crippen molar-refractivity contribution in [2.45, 2.75) is 24.9 Å². The average Bonchev–Trinajstić information content (AvgIpc) is 3.29. The number of rotatable bonds is 7. The molecule has 2 aromatic carbocycles. The number of anilines is 2. The van der Waals surface area contributed by atoms with Gasteiger partial charge < -0.3 is 15.4 Å². The highest BCUT2D eigenvalue weighted by atomic mass is 16.5. The molecule has 1 saturated heterocycles. The second-order valence-corrected chi connectivity index (χ2v) is 7.06. The molecule has 4 rings (SSSR count). The molecule has 1 atom stereocenters. The van der Waals surface area contributed by atoms with Crippen molar-refractivity contribution in [2.75, 3.05) is 23.8 Å². The number of aromatic nitrogens is 2. The van der Waals surface area contributed by atoms with Crippen LogP contribution in [0.4, 0.5) is 11.6 Å². The van der Waals surface area contributed by atoms with E-state index in [4.69, 9.17) is 4.74 Å². The van der Waals surface area contributed by atoms with Gasteiger partial charge in [-0.3, -0.25) is 4.79 Å². The lowest BCUT2D eigenvalue weighted by atomic mass is 9.90. The normalized spacial score (nSPS) is 16.0. The third kappa shape index (κ3) is 4.97. The van der Waals surface area contributed by atoms with Crippen molar-refractivity contribution in [3.8, 4) is 0 Å². The van der Waals surface area contributed by atoms with Crippen LogP contribution in [0.3, 0.4) is 0 Å². The molecule has 0 spiro atoms. The minimum absolute atomic E-state index is 0.142. The monoisotopic (exact) mass is 388 g/mol. The number of hydrogen-bond acceptors (Lipinski definition) is 5. The van der Waals surface area contributed by atoms with Crippen LogP contribution < -0.4 is 10.6 Å². The fourth-order valence-corrected chi connectivity index (χ4v) is 3.50. The predicted octanol–water partition coefficient (Wildman–Crippen LogP) is 3.84. The smallest absolute Gasteiger partial charge is 0.237 e. The highest BCUT2D eigenvalue weighted by Gasteiger charge is 2.23. The summed E-state index contributed by atoms with van der Waals surface area (Å²) in [4.78, 5) is 13.1. The van der Waals surface area contributed by atoms with E-state index in [1.807, 2.05) is 66.7 Å². The second-order valence-electron chi connectivity index (χ2n) is 7.06. The number of carbonyl (C=O) groups is 1. The van der Waals surface area contributed by atoms with Crippen LogP contribution in [0, 0.1) is 0 Å². The van der Waals surface area contributed by atoms with E-state index in [1.165, 1.54) is 0 Å². The molecule has 148 valence electrons. The summed E-state index contributed by atoms with van der Waals surface area (Å²) in [5.74, 6) is 0.531. The lowest BCUT2D eigenvalue weighted by molar-refractivity contribution is -0.116. The summed E-state index contributed by atoms with van der Waals surface area (Å²) in [6.07, 6.45) is 2.40. The van der Waals surface area contributed by atoms with E-state index in [2.05, 4.69) is 20.8 Å². The summed E-state index contributed by atoms with van der Waals surface area (Å²) < 4.78 is 5.59. The molecular weight excluding hydrogens is 364 g/mol. The van der Waals surface area contributed by atoms with Gasteiger partial charge in [0.15, 0.2) is 5.82 Å². The topological polar surface area (TPSA) is 76.1 Å². The molecule has 6 heteroatoms. The minimum atomic E-state index is -0.420. The molecule has 0 radical (unpaired) electrons. The molecule has 0 aliphatic carbocycles. The van der Waals surface area contributed by atoms with Gasteiger partial charge in [0, 0.05) is 13.2 Å². The SMILES string of the molecule is O=C(Nc1ccc(NCC2CCCO2)nn1)C(c1ccccc1)c1ccccc1. The molecule has 1 aliphatic heterocycles. The zero-order chi connectivity index (χ0) is 19.9. The zero-order valence-corrected chi connectivity index (χ0v) is 16.1. The Labute approximate surface area is 170 Å². The second kappa shape index (κ2) is 9.30. The lowest BCUT2D eigenvalue weighted by Gasteiger charge is -2.17. The molecular formula is C23H24N4O2. The predicted molar refractivity (Wildman–Crippen MR) is 113 cm³/mol. The van der Waals surface area contributed by atoms with Crippen molar-refractivity contribution in [2.24, 2.45) is 0 Å². The Kier molecular flexibility index (Phi) is 6.12. The first-order valence-corrected chi connectivity index (χ1v) is 9.89. The van der Waals surface area contributed by atoms with Crippen LogP contribution in [0.2, 0.25) is 0 Å². The Hall–Kier alpha value is -3.25. The maximum absolute atomic E-state index is 13.1. The molecule has 29 heavy (non-hydrogen) atoms. The van der Waals surface area contributed by atoms with Crippen molar-refractivity contribution >= 4 is 17.5 Å². The molecule has 2 N–H and O–H groups in total. The van der Waals surface area contributed by atoms with Crippen LogP contribution in [0.5, 0.6) is 0 Å². The Morgan fingerprint density at radius 3 is 2.10 bits per heavy atom. The van der Waals surface area contributed by atoms with Crippen molar-refractivity contribution in [3.63, 3.8) is 0 Å². The summed E-state index contributed by atoms with van der Waals surface area (Å²) in [5.41, 5.74) is 1.86. The Bertz CT molecular complexity index is 871. The van der Waals surface area contributed by atoms with E-state index < -0.39 is 5.92 Å². The van der Waals surface area contributed by atoms with Gasteiger partial charge in [-0.2, -0.15) is 0 Å². The molecule has 0 bridgehead atoms. The van der Waals surface area contributed by atoms with Crippen LogP contribution >= 0.6 is 0 Å². The fourth-order valence-electron chi connectivity index (χ4n) is 3.50. The number of amides is 1. The quantitative estimate of drug-likeness (QED) is 0.643. The standard InChI is InChI=1S/C23H24N4O2/c28-23(22(17-8-3-1-4-9-17)18-10-5-2-6-11-18)25-21-14-13-20(26-27-21)24-16-19-12-7-15-29-19/h1-6,8-11,13-14,19,22H,7,12,15-16H2,(H,24,26)(H,25,27,28). The van der Waals surface area contributed by atoms with E-state index in [-0.39, 0.29) is 12.0 Å². The number of hydrogen-bond donors (Lipinski definition) is 2. The van der Waals surface area contributed by atoms with Crippen molar-refractivity contribution in [1.82, 2.24) is 10.2 Å². The molecule has 1 aliphatic rings. The molecule has 3 aromatic rings. The van der Waals surface area contributed by atoms with Gasteiger partial charge in [-0.1, -0.05) is 60.7 Å². The molecule has 1 fully saturated rings. The third-order valence-electron chi connectivity index (χ3n) is 4.98. The van der Waals surface area contributed by atoms with Gasteiger partial charge in [-0.15, -0.1) is 10.2 Å². The average molecular weight is 388 g/mol. The maximum atomic E-state index is 13.1. The van der Waals surface area contributed by atoms with E-state index >= 15 is 0 Å². The van der Waals surface area contributed by atoms with Gasteiger partial charge in [0.05, 0.1) is 12.0 Å². The van der Waals surface area contributed by atoms with Crippen LogP contribution in [0.1, 0.15) is 29.9 Å². The Morgan fingerprint density at radius 2 is 1.55 bits per heavy atom. The van der Waals surface area contributed by atoms with Crippen molar-refractivity contribution in [1.29, 1.82) is 0 Å². The van der Waals surface area contributed by atoms with Crippen LogP contribution in [-0.4, -0.2) is 35.4 Å². The first-order chi connectivity index (χ1) is 14.3. The number of nitrogens with one attached hydrogen (secondary N) is 2. The van der Waals surface area contributed by atoms with Gasteiger partial charge in [0.1, 0.15) is 5.82 Å². The molecule has 1 amide bonds. The van der Waals surface area contributed by atoms with E-state index in [0.717, 1.165) is 30.6 Å². The molecule has 0 saturated carbocycles. The van der Waals surface area contributed by atoms with Crippen molar-refractivity contribution in [3.05, 3.63) is 83.9 Å². The Balaban J connectivity index is 1.44. The van der Waals surface area contributed by atoms with E-state index in [9.17, 15) is 4.79 Å². The van der Waals surface area contributed by atoms with E-state index in [0.29, 0.717) is 18.2 Å². The highest BCUT2D eigenvalue weighted by Crippen LogP contribution is 2.26. The zero-order valence-electron chi connectivity index (χ0n) is 16.1. The van der Waals surface area contributed by atoms with Gasteiger partial charge in [0.2, 0.25) is 5.91 Å². The lowest BCUT2D eigenvalue weighted by Crippen LogP contribution is -2.23. The van der Waals surface area contributed by atoms with Gasteiger partial charge in [-0.25, -0.2) is 0 Å². The van der Waals surface area contributed by atoms with Gasteiger partial charge >= 0.3 is 0 Å². The number of nitrogens with zero attached hydrogens (tertiary/aromatic N) is 2. The first-order valence-electron chi connectivity index (χ1n) is 9.89. The van der Waals surface area contributed by atoms with Crippen LogP contribution in [0.15, 0.2) is 72.8 Å². The number of ether oxygens (including phenoxy) is 1. The van der Waals surface area contributed by atoms with Gasteiger partial charge in [0.25, 0.3) is 0 Å².